The van der Waals surface area contributed by atoms with Crippen LogP contribution in [0, 0.1) is 6.92 Å². The summed E-state index contributed by atoms with van der Waals surface area (Å²) >= 11 is 0. The summed E-state index contributed by atoms with van der Waals surface area (Å²) in [6, 6.07) is 11.2. The van der Waals surface area contributed by atoms with E-state index in [0.29, 0.717) is 22.8 Å². The van der Waals surface area contributed by atoms with Crippen LogP contribution < -0.4 is 16.2 Å². The smallest absolute Gasteiger partial charge is 0.332 e. The maximum absolute atomic E-state index is 13.0. The van der Waals surface area contributed by atoms with Gasteiger partial charge in [0.05, 0.1) is 5.39 Å². The fourth-order valence-electron chi connectivity index (χ4n) is 3.63. The highest BCUT2D eigenvalue weighted by Gasteiger charge is 2.50. The summed E-state index contributed by atoms with van der Waals surface area (Å²) in [5, 5.41) is 3.50. The van der Waals surface area contributed by atoms with Crippen LogP contribution in [0.1, 0.15) is 35.5 Å². The van der Waals surface area contributed by atoms with Crippen LogP contribution >= 0.6 is 0 Å². The predicted octanol–water partition coefficient (Wildman–Crippen LogP) is 1.84. The van der Waals surface area contributed by atoms with Crippen molar-refractivity contribution in [1.82, 2.24) is 25.3 Å². The number of hydrogen-bond donors (Lipinski definition) is 2. The minimum atomic E-state index is -1.33. The van der Waals surface area contributed by atoms with Crippen molar-refractivity contribution < 1.29 is 14.4 Å². The number of urea groups is 1. The first-order valence-electron chi connectivity index (χ1n) is 9.80. The van der Waals surface area contributed by atoms with Gasteiger partial charge in [-0.3, -0.25) is 19.8 Å². The van der Waals surface area contributed by atoms with Gasteiger partial charge < -0.3 is 9.88 Å². The van der Waals surface area contributed by atoms with Crippen molar-refractivity contribution in [1.29, 1.82) is 0 Å². The van der Waals surface area contributed by atoms with Crippen molar-refractivity contribution in [3.8, 4) is 0 Å². The molecule has 1 fully saturated rings. The molecule has 31 heavy (non-hydrogen) atoms. The minimum Gasteiger partial charge on any atom is -0.332 e. The van der Waals surface area contributed by atoms with Crippen molar-refractivity contribution >= 4 is 28.9 Å². The molecule has 1 unspecified atom stereocenters. The first-order chi connectivity index (χ1) is 14.8. The van der Waals surface area contributed by atoms with E-state index in [1.165, 1.54) is 6.20 Å². The molecule has 1 aliphatic rings. The Kier molecular flexibility index (Phi) is 4.81. The number of hydrazine groups is 1. The lowest BCUT2D eigenvalue weighted by Crippen LogP contribution is -2.48. The van der Waals surface area contributed by atoms with E-state index in [4.69, 9.17) is 0 Å². The Balaban J connectivity index is 1.69. The second kappa shape index (κ2) is 7.35. The van der Waals surface area contributed by atoms with Crippen LogP contribution in [0.15, 0.2) is 53.5 Å². The van der Waals surface area contributed by atoms with Crippen molar-refractivity contribution in [2.24, 2.45) is 0 Å². The number of imide groups is 1. The van der Waals surface area contributed by atoms with Gasteiger partial charge in [0.1, 0.15) is 16.7 Å². The number of pyridine rings is 2. The normalized spacial score (nSPS) is 18.4. The Bertz CT molecular complexity index is 1280. The molecule has 0 bridgehead atoms. The van der Waals surface area contributed by atoms with Crippen LogP contribution in [0.2, 0.25) is 0 Å². The van der Waals surface area contributed by atoms with Crippen LogP contribution in [0.4, 0.5) is 4.79 Å². The van der Waals surface area contributed by atoms with Crippen LogP contribution in [-0.4, -0.2) is 32.4 Å². The zero-order valence-corrected chi connectivity index (χ0v) is 17.3. The largest absolute Gasteiger partial charge is 0.344 e. The van der Waals surface area contributed by atoms with Gasteiger partial charge >= 0.3 is 6.03 Å². The van der Waals surface area contributed by atoms with E-state index in [-0.39, 0.29) is 10.9 Å². The number of aryl methyl sites for hydroxylation is 2. The number of nitrogens with one attached hydrogen (secondary N) is 2. The summed E-state index contributed by atoms with van der Waals surface area (Å²) in [6.45, 7) is 5.70. The molecule has 4 rings (SSSR count). The lowest BCUT2D eigenvalue weighted by molar-refractivity contribution is -0.132. The van der Waals surface area contributed by atoms with Gasteiger partial charge in [-0.05, 0) is 38.5 Å². The summed E-state index contributed by atoms with van der Waals surface area (Å²) in [7, 11) is 0. The molecule has 9 heteroatoms. The second-order valence-corrected chi connectivity index (χ2v) is 7.48. The van der Waals surface area contributed by atoms with Gasteiger partial charge in [-0.2, -0.15) is 5.01 Å². The third-order valence-corrected chi connectivity index (χ3v) is 5.40. The van der Waals surface area contributed by atoms with Crippen LogP contribution in [0.25, 0.3) is 11.0 Å². The molecule has 3 heterocycles. The number of fused-ring (bicyclic) bond motifs is 1. The molecule has 0 spiro atoms. The molecule has 1 saturated heterocycles. The average molecular weight is 419 g/mol. The van der Waals surface area contributed by atoms with Gasteiger partial charge in [0.25, 0.3) is 11.8 Å². The number of carbonyl (C=O) groups is 3. The maximum atomic E-state index is 13.0. The van der Waals surface area contributed by atoms with E-state index in [1.807, 2.05) is 13.8 Å². The van der Waals surface area contributed by atoms with E-state index in [0.717, 1.165) is 5.69 Å². The summed E-state index contributed by atoms with van der Waals surface area (Å²) in [6.07, 6.45) is 1.39. The summed E-state index contributed by atoms with van der Waals surface area (Å²) < 4.78 is 1.68. The Morgan fingerprint density at radius 1 is 1.13 bits per heavy atom. The molecule has 2 N–H and O–H groups in total. The fourth-order valence-corrected chi connectivity index (χ4v) is 3.63. The van der Waals surface area contributed by atoms with E-state index in [2.05, 4.69) is 15.7 Å². The van der Waals surface area contributed by atoms with Crippen molar-refractivity contribution in [2.75, 3.05) is 0 Å². The molecule has 2 aromatic heterocycles. The Morgan fingerprint density at radius 3 is 2.52 bits per heavy atom. The molecule has 0 saturated carbocycles. The van der Waals surface area contributed by atoms with Crippen LogP contribution in [0.5, 0.6) is 0 Å². The number of rotatable bonds is 4. The van der Waals surface area contributed by atoms with Crippen molar-refractivity contribution in [3.63, 3.8) is 0 Å². The molecule has 1 aliphatic heterocycles. The van der Waals surface area contributed by atoms with Gasteiger partial charge in [0.2, 0.25) is 5.43 Å². The highest BCUT2D eigenvalue weighted by molar-refractivity contribution is 6.09. The lowest BCUT2D eigenvalue weighted by atomic mass is 9.92. The van der Waals surface area contributed by atoms with Crippen LogP contribution in [0.3, 0.4) is 0 Å². The van der Waals surface area contributed by atoms with Gasteiger partial charge in [0, 0.05) is 18.4 Å². The minimum absolute atomic E-state index is 0.186. The molecular formula is C22H21N5O4. The average Bonchev–Trinajstić information content (AvgIpc) is 2.98. The molecule has 1 aromatic carbocycles. The van der Waals surface area contributed by atoms with Crippen LogP contribution in [-0.2, 0) is 16.9 Å². The maximum Gasteiger partial charge on any atom is 0.344 e. The SMILES string of the molecule is CCn1cc(C(=O)NN2C(=O)NC(C)(c3ccccc3)C2=O)c(=O)c2ccc(C)nc21. The molecule has 1 atom stereocenters. The number of aromatic nitrogens is 2. The molecule has 0 aliphatic carbocycles. The van der Waals surface area contributed by atoms with Gasteiger partial charge in [-0.1, -0.05) is 30.3 Å². The Labute approximate surface area is 177 Å². The van der Waals surface area contributed by atoms with Gasteiger partial charge in [-0.15, -0.1) is 0 Å². The lowest BCUT2D eigenvalue weighted by Gasteiger charge is -2.22. The van der Waals surface area contributed by atoms with Gasteiger partial charge in [0.15, 0.2) is 0 Å². The molecule has 9 nitrogen and oxygen atoms in total. The second-order valence-electron chi connectivity index (χ2n) is 7.48. The highest BCUT2D eigenvalue weighted by atomic mass is 16.2. The predicted molar refractivity (Wildman–Crippen MR) is 113 cm³/mol. The number of nitrogens with zero attached hydrogens (tertiary/aromatic N) is 3. The summed E-state index contributed by atoms with van der Waals surface area (Å²) in [5.74, 6) is -1.50. The van der Waals surface area contributed by atoms with Crippen molar-refractivity contribution in [3.05, 3.63) is 75.7 Å². The zero-order chi connectivity index (χ0) is 22.3. The third-order valence-electron chi connectivity index (χ3n) is 5.40. The number of hydrogen-bond acceptors (Lipinski definition) is 5. The van der Waals surface area contributed by atoms with E-state index in [1.54, 1.807) is 54.0 Å². The third kappa shape index (κ3) is 3.24. The van der Waals surface area contributed by atoms with E-state index >= 15 is 0 Å². The molecular weight excluding hydrogens is 398 g/mol. The molecule has 158 valence electrons. The monoisotopic (exact) mass is 419 g/mol. The summed E-state index contributed by atoms with van der Waals surface area (Å²) in [5.41, 5.74) is 2.03. The zero-order valence-electron chi connectivity index (χ0n) is 17.3. The molecule has 0 radical (unpaired) electrons. The number of amides is 4. The Morgan fingerprint density at radius 2 is 1.84 bits per heavy atom. The van der Waals surface area contributed by atoms with Gasteiger partial charge in [-0.25, -0.2) is 9.78 Å². The first kappa shape index (κ1) is 20.3. The number of carbonyl (C=O) groups excluding carboxylic acids is 3. The number of benzene rings is 1. The topological polar surface area (TPSA) is 113 Å². The standard InChI is InChI=1S/C22H21N5O4/c1-4-26-12-16(17(28)15-11-10-13(2)23-18(15)26)19(29)25-27-20(30)22(3,24-21(27)31)14-8-6-5-7-9-14/h5-12H,4H2,1-3H3,(H,24,31)(H,25,29). The van der Waals surface area contributed by atoms with Crippen molar-refractivity contribution in [2.45, 2.75) is 32.9 Å². The molecule has 4 amide bonds. The Hall–Kier alpha value is -4.01. The molecule has 3 aromatic rings. The van der Waals surface area contributed by atoms with E-state index < -0.39 is 28.8 Å². The van der Waals surface area contributed by atoms with E-state index in [9.17, 15) is 19.2 Å². The first-order valence-corrected chi connectivity index (χ1v) is 9.80. The highest BCUT2D eigenvalue weighted by Crippen LogP contribution is 2.27. The summed E-state index contributed by atoms with van der Waals surface area (Å²) in [4.78, 5) is 55.7. The quantitative estimate of drug-likeness (QED) is 0.627. The fraction of sp³-hybridized carbons (Fsp3) is 0.227.